The summed E-state index contributed by atoms with van der Waals surface area (Å²) in [6, 6.07) is 15.4. The second-order valence-electron chi connectivity index (χ2n) is 8.84. The molecule has 176 valence electrons. The molecule has 4 N–H and O–H groups in total. The molecule has 1 atom stereocenters. The van der Waals surface area contributed by atoms with Gasteiger partial charge in [0.1, 0.15) is 16.6 Å². The Morgan fingerprint density at radius 2 is 1.69 bits per heavy atom. The topological polar surface area (TPSA) is 118 Å². The lowest BCUT2D eigenvalue weighted by Crippen LogP contribution is -2.40. The molecule has 0 bridgehead atoms. The molecule has 8 nitrogen and oxygen atoms in total. The number of nitrogens with zero attached hydrogens (tertiary/aromatic N) is 4. The highest BCUT2D eigenvalue weighted by Crippen LogP contribution is 2.34. The Bertz CT molecular complexity index is 1570. The molecule has 5 aromatic rings. The van der Waals surface area contributed by atoms with Crippen molar-refractivity contribution in [3.63, 3.8) is 0 Å². The highest BCUT2D eigenvalue weighted by atomic mass is 32.2. The average Bonchev–Trinajstić information content (AvgIpc) is 3.31. The number of pyridine rings is 1. The first-order valence-corrected chi connectivity index (χ1v) is 12.7. The van der Waals surface area contributed by atoms with Gasteiger partial charge in [-0.1, -0.05) is 36.4 Å². The Balaban J connectivity index is 1.37. The van der Waals surface area contributed by atoms with Crippen LogP contribution in [0.15, 0.2) is 78.2 Å². The number of benzene rings is 2. The fourth-order valence-electron chi connectivity index (χ4n) is 4.83. The highest BCUT2D eigenvalue weighted by Gasteiger charge is 2.32. The third-order valence-corrected chi connectivity index (χ3v) is 7.54. The summed E-state index contributed by atoms with van der Waals surface area (Å²) in [4.78, 5) is 9.88. The van der Waals surface area contributed by atoms with Gasteiger partial charge in [0.2, 0.25) is 0 Å². The first kappa shape index (κ1) is 22.0. The Morgan fingerprint density at radius 1 is 0.914 bits per heavy atom. The van der Waals surface area contributed by atoms with E-state index in [9.17, 15) is 9.32 Å². The second-order valence-corrected chi connectivity index (χ2v) is 9.87. The van der Waals surface area contributed by atoms with Crippen molar-refractivity contribution in [1.82, 2.24) is 24.9 Å². The van der Waals surface area contributed by atoms with Crippen LogP contribution in [-0.4, -0.2) is 42.0 Å². The summed E-state index contributed by atoms with van der Waals surface area (Å²) in [5.41, 5.74) is 4.15. The van der Waals surface area contributed by atoms with Gasteiger partial charge in [0.15, 0.2) is 5.65 Å². The smallest absolute Gasteiger partial charge is 0.162 e. The van der Waals surface area contributed by atoms with Gasteiger partial charge < -0.3 is 10.4 Å². The van der Waals surface area contributed by atoms with Crippen molar-refractivity contribution in [2.75, 3.05) is 13.1 Å². The van der Waals surface area contributed by atoms with Crippen molar-refractivity contribution in [3.05, 3.63) is 79.0 Å². The van der Waals surface area contributed by atoms with Gasteiger partial charge in [-0.3, -0.25) is 4.98 Å². The molecule has 1 saturated heterocycles. The molecule has 0 amide bonds. The van der Waals surface area contributed by atoms with Crippen molar-refractivity contribution < 1.29 is 9.32 Å². The maximum absolute atomic E-state index is 12.0. The summed E-state index contributed by atoms with van der Waals surface area (Å²) in [5, 5.41) is 26.2. The largest absolute Gasteiger partial charge is 0.383 e. The van der Waals surface area contributed by atoms with Crippen LogP contribution in [0.2, 0.25) is 0 Å². The third-order valence-electron chi connectivity index (χ3n) is 6.75. The Hall–Kier alpha value is -3.50. The Kier molecular flexibility index (Phi) is 5.42. The first-order valence-electron chi connectivity index (χ1n) is 11.5. The van der Waals surface area contributed by atoms with E-state index in [0.717, 1.165) is 46.1 Å². The van der Waals surface area contributed by atoms with Crippen LogP contribution in [0.25, 0.3) is 38.7 Å². The average molecular weight is 485 g/mol. The van der Waals surface area contributed by atoms with Gasteiger partial charge in [-0.15, -0.1) is 0 Å². The monoisotopic (exact) mass is 484 g/mol. The minimum atomic E-state index is -1.58. The Morgan fingerprint density at radius 3 is 2.43 bits per heavy atom. The minimum absolute atomic E-state index is 0.598. The van der Waals surface area contributed by atoms with E-state index in [1.165, 1.54) is 0 Å². The number of hydrogen-bond acceptors (Lipinski definition) is 6. The standard InChI is InChI=1S/C26H24N6O2S/c27-35(34)23-7-6-20(19-3-1-2-4-21(19)23)22-15-31-32-16-18(14-30-25(22)32)17-5-8-24(29-13-17)26(33)9-11-28-12-10-26/h1-8,13-16,28,33H,9-12,27H2. The summed E-state index contributed by atoms with van der Waals surface area (Å²) >= 11 is 0. The predicted octanol–water partition coefficient (Wildman–Crippen LogP) is 3.16. The van der Waals surface area contributed by atoms with Crippen LogP contribution in [0.3, 0.4) is 0 Å². The molecule has 1 aliphatic rings. The summed E-state index contributed by atoms with van der Waals surface area (Å²) in [5.74, 6) is 0. The van der Waals surface area contributed by atoms with E-state index in [2.05, 4.69) is 15.4 Å². The zero-order valence-electron chi connectivity index (χ0n) is 18.9. The van der Waals surface area contributed by atoms with Crippen molar-refractivity contribution in [2.24, 2.45) is 5.14 Å². The van der Waals surface area contributed by atoms with Gasteiger partial charge in [-0.05, 0) is 54.4 Å². The van der Waals surface area contributed by atoms with E-state index in [-0.39, 0.29) is 0 Å². The SMILES string of the molecule is NS(=O)c1ccc(-c2cnn3cc(-c4ccc(C5(O)CCNCC5)nc4)cnc23)c2ccccc12. The molecule has 1 fully saturated rings. The molecule has 0 aliphatic carbocycles. The third kappa shape index (κ3) is 3.82. The van der Waals surface area contributed by atoms with E-state index in [1.807, 2.05) is 54.9 Å². The molecule has 9 heteroatoms. The van der Waals surface area contributed by atoms with Gasteiger partial charge in [0, 0.05) is 35.3 Å². The number of hydrogen-bond donors (Lipinski definition) is 3. The molecule has 0 saturated carbocycles. The number of nitrogens with one attached hydrogen (secondary N) is 1. The summed E-state index contributed by atoms with van der Waals surface area (Å²) in [6.45, 7) is 1.56. The molecule has 6 rings (SSSR count). The summed E-state index contributed by atoms with van der Waals surface area (Å²) < 4.78 is 13.8. The maximum Gasteiger partial charge on any atom is 0.162 e. The van der Waals surface area contributed by atoms with Crippen LogP contribution in [0.5, 0.6) is 0 Å². The van der Waals surface area contributed by atoms with Crippen LogP contribution >= 0.6 is 0 Å². The quantitative estimate of drug-likeness (QED) is 0.361. The number of nitrogens with two attached hydrogens (primary N) is 1. The fraction of sp³-hybridized carbons (Fsp3) is 0.192. The van der Waals surface area contributed by atoms with E-state index in [0.29, 0.717) is 29.1 Å². The van der Waals surface area contributed by atoms with Gasteiger partial charge >= 0.3 is 0 Å². The number of fused-ring (bicyclic) bond motifs is 2. The molecule has 1 unspecified atom stereocenters. The molecule has 2 aromatic carbocycles. The fourth-order valence-corrected chi connectivity index (χ4v) is 5.43. The second kappa shape index (κ2) is 8.62. The van der Waals surface area contributed by atoms with Gasteiger partial charge in [0.25, 0.3) is 0 Å². The van der Waals surface area contributed by atoms with Crippen molar-refractivity contribution in [2.45, 2.75) is 23.3 Å². The molecule has 0 spiro atoms. The molecule has 1 aliphatic heterocycles. The number of piperidine rings is 1. The Labute approximate surface area is 204 Å². The van der Waals surface area contributed by atoms with Crippen LogP contribution in [0.4, 0.5) is 0 Å². The van der Waals surface area contributed by atoms with Crippen LogP contribution in [-0.2, 0) is 16.6 Å². The lowest BCUT2D eigenvalue weighted by Gasteiger charge is -2.32. The van der Waals surface area contributed by atoms with Crippen LogP contribution < -0.4 is 10.5 Å². The summed E-state index contributed by atoms with van der Waals surface area (Å²) in [7, 11) is -1.58. The van der Waals surface area contributed by atoms with Gasteiger partial charge in [-0.25, -0.2) is 18.8 Å². The minimum Gasteiger partial charge on any atom is -0.383 e. The highest BCUT2D eigenvalue weighted by molar-refractivity contribution is 7.83. The van der Waals surface area contributed by atoms with E-state index in [1.54, 1.807) is 23.0 Å². The van der Waals surface area contributed by atoms with E-state index >= 15 is 0 Å². The predicted molar refractivity (Wildman–Crippen MR) is 136 cm³/mol. The van der Waals surface area contributed by atoms with Crippen molar-refractivity contribution in [3.8, 4) is 22.3 Å². The van der Waals surface area contributed by atoms with Crippen molar-refractivity contribution in [1.29, 1.82) is 0 Å². The molecular weight excluding hydrogens is 460 g/mol. The number of aromatic nitrogens is 4. The maximum atomic E-state index is 12.0. The zero-order valence-corrected chi connectivity index (χ0v) is 19.7. The summed E-state index contributed by atoms with van der Waals surface area (Å²) in [6.07, 6.45) is 8.61. The van der Waals surface area contributed by atoms with Crippen molar-refractivity contribution >= 4 is 27.4 Å². The lowest BCUT2D eigenvalue weighted by molar-refractivity contribution is 0.00190. The lowest BCUT2D eigenvalue weighted by atomic mass is 9.88. The van der Waals surface area contributed by atoms with Crippen LogP contribution in [0, 0.1) is 0 Å². The van der Waals surface area contributed by atoms with Gasteiger partial charge in [0.05, 0.1) is 16.8 Å². The molecule has 4 heterocycles. The molecule has 35 heavy (non-hydrogen) atoms. The van der Waals surface area contributed by atoms with E-state index in [4.69, 9.17) is 10.1 Å². The normalized spacial score (nSPS) is 16.5. The van der Waals surface area contributed by atoms with Gasteiger partial charge in [-0.2, -0.15) is 5.10 Å². The molecule has 0 radical (unpaired) electrons. The number of rotatable bonds is 4. The van der Waals surface area contributed by atoms with E-state index < -0.39 is 16.6 Å². The molecule has 3 aromatic heterocycles. The first-order chi connectivity index (χ1) is 17.0. The molecular formula is C26H24N6O2S. The number of aliphatic hydroxyl groups is 1. The zero-order chi connectivity index (χ0) is 24.0. The van der Waals surface area contributed by atoms with Crippen LogP contribution in [0.1, 0.15) is 18.5 Å².